The molecule has 0 radical (unpaired) electrons. The number of carbonyl (C=O) groups excluding carboxylic acids is 2. The number of allylic oxidation sites excluding steroid dienone is 2. The fourth-order valence-electron chi connectivity index (χ4n) is 4.39. The molecule has 1 N–H and O–H groups in total. The zero-order valence-corrected chi connectivity index (χ0v) is 19.4. The summed E-state index contributed by atoms with van der Waals surface area (Å²) in [6, 6.07) is 5.94. The molecule has 0 saturated heterocycles. The number of ether oxygens (including phenoxy) is 2. The Morgan fingerprint density at radius 2 is 2.15 bits per heavy atom. The highest BCUT2D eigenvalue weighted by molar-refractivity contribution is 6.04. The maximum atomic E-state index is 13.3. The monoisotopic (exact) mass is 469 g/mol. The highest BCUT2D eigenvalue weighted by Gasteiger charge is 2.44. The lowest BCUT2D eigenvalue weighted by Crippen LogP contribution is -2.40. The molecule has 2 aliphatic rings. The summed E-state index contributed by atoms with van der Waals surface area (Å²) in [5, 5.41) is 18.1. The van der Waals surface area contributed by atoms with Crippen molar-refractivity contribution in [2.24, 2.45) is 10.5 Å². The average Bonchev–Trinajstić information content (AvgIpc) is 2.77. The van der Waals surface area contributed by atoms with Crippen LogP contribution in [0.1, 0.15) is 45.1 Å². The number of nitrogens with one attached hydrogen (secondary N) is 1. The molecule has 3 rings (SSSR count). The first-order valence-electron chi connectivity index (χ1n) is 10.9. The summed E-state index contributed by atoms with van der Waals surface area (Å²) >= 11 is 0. The number of nitro groups is 1. The van der Waals surface area contributed by atoms with Crippen molar-refractivity contribution in [3.05, 3.63) is 72.9 Å². The van der Waals surface area contributed by atoms with Gasteiger partial charge in [-0.2, -0.15) is 0 Å². The minimum Gasteiger partial charge on any atom is -0.463 e. The first kappa shape index (κ1) is 24.9. The smallest absolute Gasteiger partial charge is 0.336 e. The van der Waals surface area contributed by atoms with Gasteiger partial charge in [-0.05, 0) is 29.9 Å². The SMILES string of the molecule is CCOC(=O)C1=C(COCCN=[N+]=[N-])NC2=C(C(=O)CC(C)(C)C2)C1c1cccc([N+](=O)[O-])c1. The molecule has 11 heteroatoms. The van der Waals surface area contributed by atoms with Crippen LogP contribution in [0.5, 0.6) is 0 Å². The second-order valence-corrected chi connectivity index (χ2v) is 8.86. The first-order valence-corrected chi connectivity index (χ1v) is 10.9. The minimum absolute atomic E-state index is 0.0219. The van der Waals surface area contributed by atoms with Gasteiger partial charge in [0.15, 0.2) is 5.78 Å². The molecule has 0 bridgehead atoms. The highest BCUT2D eigenvalue weighted by atomic mass is 16.6. The summed E-state index contributed by atoms with van der Waals surface area (Å²) < 4.78 is 10.9. The molecule has 1 heterocycles. The molecule has 11 nitrogen and oxygen atoms in total. The number of non-ortho nitro benzene ring substituents is 1. The summed E-state index contributed by atoms with van der Waals surface area (Å²) in [6.07, 6.45) is 0.838. The van der Waals surface area contributed by atoms with E-state index in [4.69, 9.17) is 15.0 Å². The van der Waals surface area contributed by atoms with Gasteiger partial charge in [-0.25, -0.2) is 4.79 Å². The van der Waals surface area contributed by atoms with Crippen LogP contribution in [0.4, 0.5) is 5.69 Å². The van der Waals surface area contributed by atoms with E-state index in [1.807, 2.05) is 13.8 Å². The second kappa shape index (κ2) is 10.5. The number of carbonyl (C=O) groups is 2. The Morgan fingerprint density at radius 1 is 1.38 bits per heavy atom. The van der Waals surface area contributed by atoms with E-state index in [2.05, 4.69) is 15.3 Å². The van der Waals surface area contributed by atoms with Gasteiger partial charge in [-0.15, -0.1) is 0 Å². The van der Waals surface area contributed by atoms with Gasteiger partial charge in [0, 0.05) is 47.2 Å². The molecule has 0 amide bonds. The van der Waals surface area contributed by atoms with Crippen molar-refractivity contribution in [1.29, 1.82) is 0 Å². The number of esters is 1. The van der Waals surface area contributed by atoms with Gasteiger partial charge in [-0.1, -0.05) is 31.1 Å². The van der Waals surface area contributed by atoms with Gasteiger partial charge in [0.1, 0.15) is 0 Å². The molecule has 0 spiro atoms. The fraction of sp³-hybridized carbons (Fsp3) is 0.478. The number of ketones is 1. The quantitative estimate of drug-likeness (QED) is 0.109. The first-order chi connectivity index (χ1) is 16.2. The third kappa shape index (κ3) is 5.44. The van der Waals surface area contributed by atoms with E-state index in [9.17, 15) is 19.7 Å². The summed E-state index contributed by atoms with van der Waals surface area (Å²) in [4.78, 5) is 40.1. The van der Waals surface area contributed by atoms with Crippen LogP contribution in [0.3, 0.4) is 0 Å². The van der Waals surface area contributed by atoms with Crippen molar-refractivity contribution >= 4 is 17.4 Å². The number of rotatable bonds is 9. The van der Waals surface area contributed by atoms with Crippen LogP contribution in [0.2, 0.25) is 0 Å². The summed E-state index contributed by atoms with van der Waals surface area (Å²) in [5.41, 5.74) is 10.1. The van der Waals surface area contributed by atoms with Gasteiger partial charge < -0.3 is 14.8 Å². The summed E-state index contributed by atoms with van der Waals surface area (Å²) in [7, 11) is 0. The van der Waals surface area contributed by atoms with Gasteiger partial charge in [0.2, 0.25) is 0 Å². The molecular formula is C23H27N5O6. The largest absolute Gasteiger partial charge is 0.463 e. The van der Waals surface area contributed by atoms with Crippen LogP contribution in [-0.2, 0) is 19.1 Å². The number of hydrogen-bond acceptors (Lipinski definition) is 8. The number of benzene rings is 1. The van der Waals surface area contributed by atoms with Crippen LogP contribution < -0.4 is 5.32 Å². The third-order valence-corrected chi connectivity index (χ3v) is 5.68. The lowest BCUT2D eigenvalue weighted by Gasteiger charge is -2.39. The van der Waals surface area contributed by atoms with Crippen LogP contribution >= 0.6 is 0 Å². The Bertz CT molecular complexity index is 1120. The molecule has 1 aliphatic carbocycles. The molecule has 1 atom stereocenters. The predicted molar refractivity (Wildman–Crippen MR) is 123 cm³/mol. The van der Waals surface area contributed by atoms with E-state index in [-0.39, 0.29) is 55.2 Å². The molecule has 180 valence electrons. The lowest BCUT2D eigenvalue weighted by molar-refractivity contribution is -0.384. The zero-order valence-electron chi connectivity index (χ0n) is 19.4. The van der Waals surface area contributed by atoms with Gasteiger partial charge >= 0.3 is 5.97 Å². The van der Waals surface area contributed by atoms with Gasteiger partial charge in [-0.3, -0.25) is 14.9 Å². The van der Waals surface area contributed by atoms with Crippen molar-refractivity contribution in [2.45, 2.75) is 39.5 Å². The number of nitro benzene ring substituents is 1. The van der Waals surface area contributed by atoms with Gasteiger partial charge in [0.25, 0.3) is 5.69 Å². The Hall–Kier alpha value is -3.69. The standard InChI is InChI=1S/C23H27N5O6/c1-4-34-22(30)21-17(13-33-9-8-25-27-24)26-16-11-23(2,3)12-18(29)20(16)19(21)14-6-5-7-15(10-14)28(31)32/h5-7,10,19,26H,4,8-9,11-13H2,1-3H3. The van der Waals surface area contributed by atoms with Crippen molar-refractivity contribution in [3.8, 4) is 0 Å². The number of dihydropyridines is 1. The lowest BCUT2D eigenvalue weighted by atomic mass is 9.68. The molecule has 0 saturated carbocycles. The molecule has 0 aromatic heterocycles. The van der Waals surface area contributed by atoms with E-state index < -0.39 is 16.8 Å². The number of Topliss-reactive ketones (excluding diaryl/α,β-unsaturated/α-hetero) is 1. The van der Waals surface area contributed by atoms with Gasteiger partial charge in [0.05, 0.1) is 36.0 Å². The highest BCUT2D eigenvalue weighted by Crippen LogP contribution is 2.47. The normalized spacial score (nSPS) is 19.1. The number of azide groups is 1. The zero-order chi connectivity index (χ0) is 24.9. The van der Waals surface area contributed by atoms with Crippen LogP contribution in [-0.4, -0.2) is 43.0 Å². The molecular weight excluding hydrogens is 442 g/mol. The van der Waals surface area contributed by atoms with Crippen LogP contribution in [0, 0.1) is 15.5 Å². The van der Waals surface area contributed by atoms with E-state index >= 15 is 0 Å². The van der Waals surface area contributed by atoms with E-state index in [0.717, 1.165) is 0 Å². The maximum absolute atomic E-state index is 13.3. The van der Waals surface area contributed by atoms with E-state index in [1.165, 1.54) is 18.2 Å². The predicted octanol–water partition coefficient (Wildman–Crippen LogP) is 4.07. The topological polar surface area (TPSA) is 157 Å². The maximum Gasteiger partial charge on any atom is 0.336 e. The summed E-state index contributed by atoms with van der Waals surface area (Å²) in [6.45, 7) is 5.98. The van der Waals surface area contributed by atoms with Crippen LogP contribution in [0.15, 0.2) is 51.9 Å². The Balaban J connectivity index is 2.16. The fourth-order valence-corrected chi connectivity index (χ4v) is 4.39. The summed E-state index contributed by atoms with van der Waals surface area (Å²) in [5.74, 6) is -1.60. The molecule has 0 fully saturated rings. The molecule has 34 heavy (non-hydrogen) atoms. The molecule has 1 aromatic rings. The van der Waals surface area contributed by atoms with Crippen molar-refractivity contribution < 1.29 is 24.0 Å². The van der Waals surface area contributed by atoms with E-state index in [0.29, 0.717) is 29.0 Å². The second-order valence-electron chi connectivity index (χ2n) is 8.86. The minimum atomic E-state index is -0.838. The number of nitrogens with zero attached hydrogens (tertiary/aromatic N) is 4. The number of hydrogen-bond donors (Lipinski definition) is 1. The molecule has 1 aromatic carbocycles. The Morgan fingerprint density at radius 3 is 2.82 bits per heavy atom. The third-order valence-electron chi connectivity index (χ3n) is 5.68. The van der Waals surface area contributed by atoms with Crippen molar-refractivity contribution in [2.75, 3.05) is 26.4 Å². The van der Waals surface area contributed by atoms with E-state index in [1.54, 1.807) is 13.0 Å². The Labute approximate surface area is 196 Å². The van der Waals surface area contributed by atoms with Crippen molar-refractivity contribution in [3.63, 3.8) is 0 Å². The Kier molecular flexibility index (Phi) is 7.70. The molecule has 1 unspecified atom stereocenters. The van der Waals surface area contributed by atoms with Crippen LogP contribution in [0.25, 0.3) is 10.4 Å². The average molecular weight is 469 g/mol. The van der Waals surface area contributed by atoms with Crippen molar-refractivity contribution in [1.82, 2.24) is 5.32 Å². The molecule has 1 aliphatic heterocycles.